The van der Waals surface area contributed by atoms with Crippen LogP contribution < -0.4 is 5.32 Å². The van der Waals surface area contributed by atoms with Crippen molar-refractivity contribution in [2.24, 2.45) is 0 Å². The van der Waals surface area contributed by atoms with Crippen LogP contribution in [0.15, 0.2) is 30.5 Å². The van der Waals surface area contributed by atoms with E-state index in [2.05, 4.69) is 14.8 Å². The quantitative estimate of drug-likeness (QED) is 0.905. The number of alkyl carbamates (subject to hydrolysis) is 1. The van der Waals surface area contributed by atoms with E-state index >= 15 is 0 Å². The summed E-state index contributed by atoms with van der Waals surface area (Å²) < 4.78 is 7.44. The normalized spacial score (nSPS) is 18.5. The summed E-state index contributed by atoms with van der Waals surface area (Å²) >= 11 is 0. The molecule has 2 saturated heterocycles. The van der Waals surface area contributed by atoms with Crippen molar-refractivity contribution in [2.45, 2.75) is 12.1 Å². The molecule has 0 atom stereocenters. The molecule has 0 aliphatic carbocycles. The van der Waals surface area contributed by atoms with Gasteiger partial charge in [-0.3, -0.25) is 4.79 Å². The zero-order chi connectivity index (χ0) is 17.6. The number of nitrogens with zero attached hydrogens (tertiary/aromatic N) is 3. The fourth-order valence-corrected chi connectivity index (χ4v) is 3.55. The summed E-state index contributed by atoms with van der Waals surface area (Å²) in [5.74, 6) is -0.00613. The molecule has 7 nitrogen and oxygen atoms in total. The number of amides is 2. The molecular weight excluding hydrogens is 320 g/mol. The zero-order valence-electron chi connectivity index (χ0n) is 14.5. The maximum Gasteiger partial charge on any atom is 0.408 e. The average molecular weight is 342 g/mol. The zero-order valence-corrected chi connectivity index (χ0v) is 14.5. The Hall–Kier alpha value is -2.54. The lowest BCUT2D eigenvalue weighted by Crippen LogP contribution is -2.65. The second-order valence-corrected chi connectivity index (χ2v) is 7.14. The summed E-state index contributed by atoms with van der Waals surface area (Å²) in [5, 5.41) is 3.63. The lowest BCUT2D eigenvalue weighted by Gasteiger charge is -2.45. The molecule has 1 aromatic heterocycles. The van der Waals surface area contributed by atoms with Crippen molar-refractivity contribution in [3.8, 4) is 0 Å². The van der Waals surface area contributed by atoms with Gasteiger partial charge in [0.2, 0.25) is 0 Å². The van der Waals surface area contributed by atoms with Crippen molar-refractivity contribution in [2.75, 3.05) is 40.3 Å². The molecule has 2 fully saturated rings. The van der Waals surface area contributed by atoms with E-state index < -0.39 is 11.7 Å². The van der Waals surface area contributed by atoms with Crippen LogP contribution in [0, 0.1) is 0 Å². The molecule has 0 bridgehead atoms. The third kappa shape index (κ3) is 2.74. The van der Waals surface area contributed by atoms with Crippen LogP contribution in [-0.2, 0) is 11.3 Å². The highest BCUT2D eigenvalue weighted by molar-refractivity contribution is 6.07. The van der Waals surface area contributed by atoms with Crippen LogP contribution in [0.25, 0.3) is 10.9 Å². The molecule has 1 spiro atoms. The number of nitrogens with one attached hydrogen (secondary N) is 1. The minimum Gasteiger partial charge on any atom is -0.437 e. The Morgan fingerprint density at radius 3 is 2.76 bits per heavy atom. The topological polar surface area (TPSA) is 66.8 Å². The SMILES string of the molecule is CN(C)CCn1cc(C(=O)N2CC3(CNC(=O)O3)C2)c2ccccc21. The third-order valence-electron chi connectivity index (χ3n) is 4.92. The number of hydrogen-bond acceptors (Lipinski definition) is 4. The number of carbonyl (C=O) groups is 2. The summed E-state index contributed by atoms with van der Waals surface area (Å²) in [5.41, 5.74) is 1.24. The van der Waals surface area contributed by atoms with Gasteiger partial charge in [-0.2, -0.15) is 0 Å². The van der Waals surface area contributed by atoms with E-state index in [4.69, 9.17) is 4.74 Å². The lowest BCUT2D eigenvalue weighted by atomic mass is 9.93. The highest BCUT2D eigenvalue weighted by Gasteiger charge is 2.52. The van der Waals surface area contributed by atoms with Crippen LogP contribution in [0.5, 0.6) is 0 Å². The van der Waals surface area contributed by atoms with Crippen LogP contribution in [0.1, 0.15) is 10.4 Å². The molecule has 2 amide bonds. The van der Waals surface area contributed by atoms with E-state index in [-0.39, 0.29) is 5.91 Å². The Bertz CT molecular complexity index is 836. The Morgan fingerprint density at radius 2 is 2.08 bits per heavy atom. The average Bonchev–Trinajstić information content (AvgIpc) is 3.12. The maximum atomic E-state index is 13.0. The van der Waals surface area contributed by atoms with Gasteiger partial charge >= 0.3 is 6.09 Å². The molecular formula is C18H22N4O3. The third-order valence-corrected chi connectivity index (χ3v) is 4.92. The number of likely N-dealkylation sites (tertiary alicyclic amines) is 1. The van der Waals surface area contributed by atoms with E-state index in [0.29, 0.717) is 25.2 Å². The van der Waals surface area contributed by atoms with Gasteiger partial charge in [0.1, 0.15) is 0 Å². The molecule has 1 aromatic carbocycles. The van der Waals surface area contributed by atoms with Crippen molar-refractivity contribution in [3.05, 3.63) is 36.0 Å². The Balaban J connectivity index is 1.57. The fourth-order valence-electron chi connectivity index (χ4n) is 3.55. The van der Waals surface area contributed by atoms with Gasteiger partial charge in [0.05, 0.1) is 25.2 Å². The van der Waals surface area contributed by atoms with Crippen LogP contribution in [0.3, 0.4) is 0 Å². The number of benzene rings is 1. The molecule has 2 aliphatic rings. The van der Waals surface area contributed by atoms with Gasteiger partial charge in [-0.15, -0.1) is 0 Å². The number of carbonyl (C=O) groups excluding carboxylic acids is 2. The minimum atomic E-state index is -0.532. The van der Waals surface area contributed by atoms with Gasteiger partial charge < -0.3 is 24.4 Å². The molecule has 7 heteroatoms. The van der Waals surface area contributed by atoms with Gasteiger partial charge in [-0.25, -0.2) is 4.79 Å². The molecule has 0 radical (unpaired) electrons. The van der Waals surface area contributed by atoms with Crippen molar-refractivity contribution >= 4 is 22.9 Å². The van der Waals surface area contributed by atoms with Crippen LogP contribution in [0.4, 0.5) is 4.79 Å². The van der Waals surface area contributed by atoms with E-state index in [9.17, 15) is 9.59 Å². The molecule has 132 valence electrons. The van der Waals surface area contributed by atoms with Crippen LogP contribution in [-0.4, -0.2) is 72.2 Å². The number of fused-ring (bicyclic) bond motifs is 1. The van der Waals surface area contributed by atoms with Crippen LogP contribution >= 0.6 is 0 Å². The number of rotatable bonds is 4. The monoisotopic (exact) mass is 342 g/mol. The van der Waals surface area contributed by atoms with Crippen molar-refractivity contribution < 1.29 is 14.3 Å². The first-order chi connectivity index (χ1) is 12.0. The predicted molar refractivity (Wildman–Crippen MR) is 93.6 cm³/mol. The number of hydrogen-bond donors (Lipinski definition) is 1. The van der Waals surface area contributed by atoms with Crippen molar-refractivity contribution in [1.29, 1.82) is 0 Å². The molecule has 2 aliphatic heterocycles. The van der Waals surface area contributed by atoms with Gasteiger partial charge in [0, 0.05) is 30.2 Å². The Kier molecular flexibility index (Phi) is 3.68. The van der Waals surface area contributed by atoms with E-state index in [0.717, 1.165) is 24.0 Å². The molecule has 4 rings (SSSR count). The Morgan fingerprint density at radius 1 is 1.32 bits per heavy atom. The summed E-state index contributed by atoms with van der Waals surface area (Å²) in [6.45, 7) is 3.09. The lowest BCUT2D eigenvalue weighted by molar-refractivity contribution is -0.0575. The van der Waals surface area contributed by atoms with E-state index in [1.165, 1.54) is 0 Å². The maximum absolute atomic E-state index is 13.0. The number of aromatic nitrogens is 1. The molecule has 3 heterocycles. The van der Waals surface area contributed by atoms with Crippen LogP contribution in [0.2, 0.25) is 0 Å². The fraction of sp³-hybridized carbons (Fsp3) is 0.444. The standard InChI is InChI=1S/C18H22N4O3/c1-20(2)7-8-21-9-14(13-5-3-4-6-15(13)21)16(23)22-11-18(12-22)10-19-17(24)25-18/h3-6,9H,7-8,10-12H2,1-2H3,(H,19,24). The molecule has 1 N–H and O–H groups in total. The highest BCUT2D eigenvalue weighted by Crippen LogP contribution is 2.31. The van der Waals surface area contributed by atoms with Gasteiger partial charge in [0.15, 0.2) is 5.60 Å². The second kappa shape index (κ2) is 5.77. The molecule has 0 saturated carbocycles. The van der Waals surface area contributed by atoms with Gasteiger partial charge in [0.25, 0.3) is 5.91 Å². The van der Waals surface area contributed by atoms with E-state index in [1.807, 2.05) is 44.6 Å². The first-order valence-electron chi connectivity index (χ1n) is 8.46. The van der Waals surface area contributed by atoms with Crippen molar-refractivity contribution in [1.82, 2.24) is 19.7 Å². The summed E-state index contributed by atoms with van der Waals surface area (Å²) in [6, 6.07) is 7.98. The second-order valence-electron chi connectivity index (χ2n) is 7.14. The van der Waals surface area contributed by atoms with Crippen molar-refractivity contribution in [3.63, 3.8) is 0 Å². The number of para-hydroxylation sites is 1. The largest absolute Gasteiger partial charge is 0.437 e. The first kappa shape index (κ1) is 16.0. The molecule has 0 unspecified atom stereocenters. The first-order valence-corrected chi connectivity index (χ1v) is 8.46. The predicted octanol–water partition coefficient (Wildman–Crippen LogP) is 1.14. The number of likely N-dealkylation sites (N-methyl/N-ethyl adjacent to an activating group) is 1. The molecule has 25 heavy (non-hydrogen) atoms. The summed E-state index contributed by atoms with van der Waals surface area (Å²) in [6.07, 6.45) is 1.55. The highest BCUT2D eigenvalue weighted by atomic mass is 16.6. The summed E-state index contributed by atoms with van der Waals surface area (Å²) in [4.78, 5) is 28.1. The number of ether oxygens (including phenoxy) is 1. The minimum absolute atomic E-state index is 0.00613. The Labute approximate surface area is 146 Å². The smallest absolute Gasteiger partial charge is 0.408 e. The van der Waals surface area contributed by atoms with E-state index in [1.54, 1.807) is 4.90 Å². The van der Waals surface area contributed by atoms with Gasteiger partial charge in [-0.05, 0) is 20.2 Å². The van der Waals surface area contributed by atoms with Gasteiger partial charge in [-0.1, -0.05) is 18.2 Å². The molecule has 2 aromatic rings. The summed E-state index contributed by atoms with van der Waals surface area (Å²) in [7, 11) is 4.07.